The van der Waals surface area contributed by atoms with Gasteiger partial charge in [0, 0.05) is 0 Å². The summed E-state index contributed by atoms with van der Waals surface area (Å²) in [7, 11) is 0. The van der Waals surface area contributed by atoms with E-state index in [-0.39, 0.29) is 5.57 Å². The van der Waals surface area contributed by atoms with Crippen molar-refractivity contribution in [3.8, 4) is 5.75 Å². The molecular weight excluding hydrogens is 568 g/mol. The van der Waals surface area contributed by atoms with Gasteiger partial charge >= 0.3 is 6.03 Å². The van der Waals surface area contributed by atoms with Crippen LogP contribution >= 0.6 is 15.9 Å². The van der Waals surface area contributed by atoms with Crippen molar-refractivity contribution < 1.29 is 19.1 Å². The first-order chi connectivity index (χ1) is 19.2. The Labute approximate surface area is 241 Å². The molecule has 0 unspecified atom stereocenters. The molecule has 1 heterocycles. The van der Waals surface area contributed by atoms with Crippen molar-refractivity contribution in [3.63, 3.8) is 0 Å². The van der Waals surface area contributed by atoms with Crippen molar-refractivity contribution in [1.29, 1.82) is 0 Å². The van der Waals surface area contributed by atoms with Crippen LogP contribution < -0.4 is 15.0 Å². The number of aryl methyl sites for hydroxylation is 2. The lowest BCUT2D eigenvalue weighted by Gasteiger charge is -2.27. The number of hydrogen-bond donors (Lipinski definition) is 1. The highest BCUT2D eigenvalue weighted by Crippen LogP contribution is 2.34. The first-order valence-corrected chi connectivity index (χ1v) is 13.6. The largest absolute Gasteiger partial charge is 0.487 e. The summed E-state index contributed by atoms with van der Waals surface area (Å²) in [6, 6.07) is 22.5. The molecule has 5 rings (SSSR count). The van der Waals surface area contributed by atoms with Gasteiger partial charge in [0.15, 0.2) is 0 Å². The van der Waals surface area contributed by atoms with E-state index in [0.717, 1.165) is 37.9 Å². The van der Waals surface area contributed by atoms with Crippen molar-refractivity contribution >= 4 is 56.3 Å². The number of rotatable bonds is 7. The Balaban J connectivity index is 1.45. The number of hydrogen-bond acceptors (Lipinski definition) is 4. The van der Waals surface area contributed by atoms with Gasteiger partial charge in [0.2, 0.25) is 0 Å². The van der Waals surface area contributed by atoms with Crippen LogP contribution in [0, 0.1) is 13.8 Å². The second-order valence-electron chi connectivity index (χ2n) is 9.68. The minimum absolute atomic E-state index is 0.140. The van der Waals surface area contributed by atoms with Gasteiger partial charge in [-0.05, 0) is 111 Å². The summed E-state index contributed by atoms with van der Waals surface area (Å²) < 4.78 is 6.91. The van der Waals surface area contributed by atoms with E-state index in [0.29, 0.717) is 34.5 Å². The zero-order valence-corrected chi connectivity index (χ0v) is 23.7. The number of carbonyl (C=O) groups excluding carboxylic acids is 3. The van der Waals surface area contributed by atoms with Crippen LogP contribution in [0.5, 0.6) is 5.75 Å². The van der Waals surface area contributed by atoms with Crippen LogP contribution in [0.25, 0.3) is 16.8 Å². The number of nitrogens with one attached hydrogen (secondary N) is 1. The van der Waals surface area contributed by atoms with Gasteiger partial charge in [-0.2, -0.15) is 0 Å². The molecule has 1 aliphatic heterocycles. The summed E-state index contributed by atoms with van der Waals surface area (Å²) in [4.78, 5) is 39.7. The molecule has 40 heavy (non-hydrogen) atoms. The third kappa shape index (κ3) is 5.46. The molecule has 4 aromatic carbocycles. The van der Waals surface area contributed by atoms with Crippen molar-refractivity contribution in [2.75, 3.05) is 4.90 Å². The lowest BCUT2D eigenvalue weighted by atomic mass is 10.0. The second kappa shape index (κ2) is 11.3. The third-order valence-corrected chi connectivity index (χ3v) is 7.45. The zero-order valence-electron chi connectivity index (χ0n) is 22.2. The SMILES string of the molecule is C=CCc1cc(/C=C2\C(=O)NC(=O)N(c3ccc(C)c(C)c3)C2=O)cc(Br)c1OCc1ccc2ccccc2c1. The van der Waals surface area contributed by atoms with Gasteiger partial charge in [-0.1, -0.05) is 48.5 Å². The van der Waals surface area contributed by atoms with E-state index in [1.54, 1.807) is 24.3 Å². The predicted molar refractivity (Wildman–Crippen MR) is 161 cm³/mol. The fourth-order valence-electron chi connectivity index (χ4n) is 4.63. The number of nitrogens with zero attached hydrogens (tertiary/aromatic N) is 1. The number of ether oxygens (including phenoxy) is 1. The molecule has 0 radical (unpaired) electrons. The maximum absolute atomic E-state index is 13.4. The van der Waals surface area contributed by atoms with Crippen LogP contribution in [-0.2, 0) is 22.6 Å². The van der Waals surface area contributed by atoms with E-state index in [9.17, 15) is 14.4 Å². The highest BCUT2D eigenvalue weighted by Gasteiger charge is 2.37. The molecule has 1 N–H and O–H groups in total. The van der Waals surface area contributed by atoms with E-state index in [1.807, 2.05) is 44.2 Å². The second-order valence-corrected chi connectivity index (χ2v) is 10.5. The van der Waals surface area contributed by atoms with Gasteiger partial charge in [0.25, 0.3) is 11.8 Å². The highest BCUT2D eigenvalue weighted by atomic mass is 79.9. The molecule has 0 atom stereocenters. The van der Waals surface area contributed by atoms with Crippen LogP contribution in [0.15, 0.2) is 95.5 Å². The molecule has 0 bridgehead atoms. The quantitative estimate of drug-likeness (QED) is 0.139. The molecule has 200 valence electrons. The molecule has 0 saturated carbocycles. The highest BCUT2D eigenvalue weighted by molar-refractivity contribution is 9.10. The molecule has 6 nitrogen and oxygen atoms in total. The Morgan fingerprint density at radius 3 is 2.45 bits per heavy atom. The lowest BCUT2D eigenvalue weighted by molar-refractivity contribution is -0.122. The number of imide groups is 2. The number of allylic oxidation sites excluding steroid dienone is 1. The van der Waals surface area contributed by atoms with Crippen LogP contribution in [0.1, 0.15) is 27.8 Å². The molecule has 0 aliphatic carbocycles. The van der Waals surface area contributed by atoms with Gasteiger partial charge < -0.3 is 4.74 Å². The topological polar surface area (TPSA) is 75.7 Å². The van der Waals surface area contributed by atoms with Crippen LogP contribution in [0.2, 0.25) is 0 Å². The Morgan fingerprint density at radius 2 is 1.70 bits per heavy atom. The van der Waals surface area contributed by atoms with E-state index in [4.69, 9.17) is 4.74 Å². The zero-order chi connectivity index (χ0) is 28.4. The Bertz CT molecular complexity index is 1720. The maximum Gasteiger partial charge on any atom is 0.335 e. The number of halogens is 1. The van der Waals surface area contributed by atoms with Gasteiger partial charge in [0.1, 0.15) is 17.9 Å². The Morgan fingerprint density at radius 1 is 0.925 bits per heavy atom. The number of carbonyl (C=O) groups is 3. The molecule has 0 aromatic heterocycles. The van der Waals surface area contributed by atoms with Crippen molar-refractivity contribution in [2.45, 2.75) is 26.9 Å². The number of amides is 4. The number of benzene rings is 4. The molecule has 4 aromatic rings. The predicted octanol–water partition coefficient (Wildman–Crippen LogP) is 7.19. The first-order valence-electron chi connectivity index (χ1n) is 12.8. The molecule has 0 spiro atoms. The Kier molecular flexibility index (Phi) is 7.67. The average molecular weight is 595 g/mol. The summed E-state index contributed by atoms with van der Waals surface area (Å²) >= 11 is 3.61. The van der Waals surface area contributed by atoms with E-state index < -0.39 is 17.8 Å². The van der Waals surface area contributed by atoms with Crippen LogP contribution in [-0.4, -0.2) is 17.8 Å². The number of barbiturate groups is 1. The van der Waals surface area contributed by atoms with Crippen LogP contribution in [0.4, 0.5) is 10.5 Å². The standard InChI is InChI=1S/C33H27BrN2O4/c1-4-7-26-16-23(18-29(34)30(26)40-19-22-11-12-24-8-5-6-9-25(24)15-22)17-28-31(37)35-33(39)36(32(28)38)27-13-10-20(2)21(3)14-27/h4-6,8-18H,1,7,19H2,2-3H3,(H,35,37,39)/b28-17+. The summed E-state index contributed by atoms with van der Waals surface area (Å²) in [6.45, 7) is 8.07. The van der Waals surface area contributed by atoms with E-state index in [1.165, 1.54) is 6.08 Å². The van der Waals surface area contributed by atoms with Crippen molar-refractivity contribution in [1.82, 2.24) is 5.32 Å². The van der Waals surface area contributed by atoms with E-state index in [2.05, 4.69) is 52.1 Å². The molecule has 1 fully saturated rings. The fourth-order valence-corrected chi connectivity index (χ4v) is 5.27. The van der Waals surface area contributed by atoms with Crippen molar-refractivity contribution in [3.05, 3.63) is 123 Å². The summed E-state index contributed by atoms with van der Waals surface area (Å²) in [5, 5.41) is 4.59. The summed E-state index contributed by atoms with van der Waals surface area (Å²) in [6.07, 6.45) is 3.76. The van der Waals surface area contributed by atoms with E-state index >= 15 is 0 Å². The van der Waals surface area contributed by atoms with Gasteiger partial charge in [0.05, 0.1) is 10.2 Å². The molecule has 1 aliphatic rings. The fraction of sp³-hybridized carbons (Fsp3) is 0.121. The third-order valence-electron chi connectivity index (χ3n) is 6.87. The smallest absolute Gasteiger partial charge is 0.335 e. The monoisotopic (exact) mass is 594 g/mol. The Hall–Kier alpha value is -4.49. The number of fused-ring (bicyclic) bond motifs is 1. The molecule has 1 saturated heterocycles. The van der Waals surface area contributed by atoms with Gasteiger partial charge in [-0.3, -0.25) is 14.9 Å². The van der Waals surface area contributed by atoms with Crippen molar-refractivity contribution in [2.24, 2.45) is 0 Å². The number of anilines is 1. The molecule has 7 heteroatoms. The normalized spacial score (nSPS) is 14.5. The molecule has 4 amide bonds. The summed E-state index contributed by atoms with van der Waals surface area (Å²) in [5.41, 5.74) is 4.69. The lowest BCUT2D eigenvalue weighted by Crippen LogP contribution is -2.54. The minimum Gasteiger partial charge on any atom is -0.487 e. The van der Waals surface area contributed by atoms with Gasteiger partial charge in [-0.15, -0.1) is 6.58 Å². The minimum atomic E-state index is -0.777. The average Bonchev–Trinajstić information content (AvgIpc) is 2.92. The first kappa shape index (κ1) is 27.1. The van der Waals surface area contributed by atoms with Gasteiger partial charge in [-0.25, -0.2) is 9.69 Å². The number of urea groups is 1. The molecular formula is C33H27BrN2O4. The van der Waals surface area contributed by atoms with Crippen LogP contribution in [0.3, 0.4) is 0 Å². The summed E-state index contributed by atoms with van der Waals surface area (Å²) in [5.74, 6) is -0.773. The maximum atomic E-state index is 13.4.